The van der Waals surface area contributed by atoms with Gasteiger partial charge in [0.1, 0.15) is 0 Å². The molecule has 0 atom stereocenters. The maximum absolute atomic E-state index is 2.25. The third kappa shape index (κ3) is 5.27. The Hall–Kier alpha value is -2.68. The van der Waals surface area contributed by atoms with Gasteiger partial charge in [-0.1, -0.05) is 72.8 Å². The van der Waals surface area contributed by atoms with E-state index >= 15 is 0 Å². The Labute approximate surface area is 187 Å². The average Bonchev–Trinajstić information content (AvgIpc) is 2.82. The van der Waals surface area contributed by atoms with Crippen molar-refractivity contribution in [2.45, 2.75) is 9.79 Å². The quantitative estimate of drug-likeness (QED) is 0.224. The Morgan fingerprint density at radius 2 is 0.767 bits per heavy atom. The molecule has 0 saturated heterocycles. The maximum Gasteiger partial charge on any atom is 0.00695 e. The van der Waals surface area contributed by atoms with Crippen molar-refractivity contribution in [3.8, 4) is 0 Å². The van der Waals surface area contributed by atoms with Crippen LogP contribution in [0.2, 0.25) is 0 Å². The second-order valence-corrected chi connectivity index (χ2v) is 8.84. The highest BCUT2D eigenvalue weighted by atomic mass is 32.2. The summed E-state index contributed by atoms with van der Waals surface area (Å²) in [5.74, 6) is 0. The molecule has 4 aromatic carbocycles. The lowest BCUT2D eigenvalue weighted by atomic mass is 10.0. The molecule has 4 aromatic rings. The standard InChI is InChI=1S/C28H24S2/c1-29-27-15-9-21(10-16-27)3-5-23-7-13-26-20-24(8-14-25(26)19-23)6-4-22-11-17-28(30-2)18-12-22/h3-20H,1-2H3/b5-3+,6-4+. The van der Waals surface area contributed by atoms with Crippen LogP contribution in [0.4, 0.5) is 0 Å². The SMILES string of the molecule is CSc1ccc(/C=C/c2ccc3cc(/C=C/c4ccc(SC)cc4)ccc3c2)cc1. The molecular formula is C28H24S2. The first kappa shape index (κ1) is 20.6. The molecule has 30 heavy (non-hydrogen) atoms. The Morgan fingerprint density at radius 3 is 1.13 bits per heavy atom. The third-order valence-electron chi connectivity index (χ3n) is 5.06. The van der Waals surface area contributed by atoms with Gasteiger partial charge in [-0.3, -0.25) is 0 Å². The zero-order valence-electron chi connectivity index (χ0n) is 17.2. The Morgan fingerprint density at radius 1 is 0.433 bits per heavy atom. The van der Waals surface area contributed by atoms with Gasteiger partial charge in [-0.25, -0.2) is 0 Å². The highest BCUT2D eigenvalue weighted by Gasteiger charge is 1.97. The van der Waals surface area contributed by atoms with E-state index in [1.165, 1.54) is 42.8 Å². The predicted octanol–water partition coefficient (Wildman–Crippen LogP) is 8.62. The molecule has 0 fully saturated rings. The summed E-state index contributed by atoms with van der Waals surface area (Å²) in [6.07, 6.45) is 12.9. The van der Waals surface area contributed by atoms with Crippen molar-refractivity contribution < 1.29 is 0 Å². The van der Waals surface area contributed by atoms with Gasteiger partial charge < -0.3 is 0 Å². The van der Waals surface area contributed by atoms with E-state index in [0.717, 1.165) is 0 Å². The lowest BCUT2D eigenvalue weighted by Crippen LogP contribution is -1.79. The van der Waals surface area contributed by atoms with Crippen LogP contribution in [-0.4, -0.2) is 12.5 Å². The summed E-state index contributed by atoms with van der Waals surface area (Å²) in [5, 5.41) is 2.52. The van der Waals surface area contributed by atoms with E-state index in [-0.39, 0.29) is 0 Å². The Kier molecular flexibility index (Phi) is 6.78. The molecule has 0 N–H and O–H groups in total. The number of hydrogen-bond acceptors (Lipinski definition) is 2. The molecule has 0 aliphatic heterocycles. The molecule has 148 valence electrons. The van der Waals surface area contributed by atoms with Crippen molar-refractivity contribution in [1.82, 2.24) is 0 Å². The molecule has 0 aliphatic carbocycles. The minimum absolute atomic E-state index is 1.22. The smallest absolute Gasteiger partial charge is 0.00695 e. The number of benzene rings is 4. The molecule has 0 heterocycles. The van der Waals surface area contributed by atoms with Crippen LogP contribution in [0.1, 0.15) is 22.3 Å². The van der Waals surface area contributed by atoms with Crippen LogP contribution < -0.4 is 0 Å². The second-order valence-electron chi connectivity index (χ2n) is 7.08. The van der Waals surface area contributed by atoms with Gasteiger partial charge in [0.2, 0.25) is 0 Å². The van der Waals surface area contributed by atoms with Gasteiger partial charge in [0.25, 0.3) is 0 Å². The normalized spacial score (nSPS) is 11.7. The van der Waals surface area contributed by atoms with Gasteiger partial charge in [0.05, 0.1) is 0 Å². The molecule has 0 amide bonds. The summed E-state index contributed by atoms with van der Waals surface area (Å²) in [7, 11) is 0. The van der Waals surface area contributed by atoms with Gasteiger partial charge in [-0.05, 0) is 81.9 Å². The fourth-order valence-electron chi connectivity index (χ4n) is 3.30. The lowest BCUT2D eigenvalue weighted by Gasteiger charge is -2.03. The first-order chi connectivity index (χ1) is 14.7. The molecule has 4 rings (SSSR count). The van der Waals surface area contributed by atoms with Crippen LogP contribution in [0.3, 0.4) is 0 Å². The Balaban J connectivity index is 1.50. The summed E-state index contributed by atoms with van der Waals surface area (Å²) in [5.41, 5.74) is 4.88. The van der Waals surface area contributed by atoms with Crippen LogP contribution in [-0.2, 0) is 0 Å². The van der Waals surface area contributed by atoms with Crippen LogP contribution >= 0.6 is 23.5 Å². The second kappa shape index (κ2) is 9.88. The van der Waals surface area contributed by atoms with Gasteiger partial charge in [-0.15, -0.1) is 23.5 Å². The van der Waals surface area contributed by atoms with E-state index in [2.05, 4.69) is 122 Å². The van der Waals surface area contributed by atoms with E-state index in [4.69, 9.17) is 0 Å². The van der Waals surface area contributed by atoms with Gasteiger partial charge in [0, 0.05) is 9.79 Å². The van der Waals surface area contributed by atoms with Crippen LogP contribution in [0.5, 0.6) is 0 Å². The van der Waals surface area contributed by atoms with E-state index in [1.54, 1.807) is 23.5 Å². The summed E-state index contributed by atoms with van der Waals surface area (Å²) >= 11 is 3.54. The van der Waals surface area contributed by atoms with E-state index in [0.29, 0.717) is 0 Å². The lowest BCUT2D eigenvalue weighted by molar-refractivity contribution is 1.45. The fraction of sp³-hybridized carbons (Fsp3) is 0.0714. The van der Waals surface area contributed by atoms with Crippen molar-refractivity contribution in [1.29, 1.82) is 0 Å². The van der Waals surface area contributed by atoms with Crippen LogP contribution in [0.25, 0.3) is 35.1 Å². The van der Waals surface area contributed by atoms with E-state index in [9.17, 15) is 0 Å². The zero-order chi connectivity index (χ0) is 20.8. The number of fused-ring (bicyclic) bond motifs is 1. The summed E-state index contributed by atoms with van der Waals surface area (Å²) in [4.78, 5) is 2.58. The average molecular weight is 425 g/mol. The maximum atomic E-state index is 2.25. The highest BCUT2D eigenvalue weighted by Crippen LogP contribution is 2.22. The van der Waals surface area contributed by atoms with Crippen LogP contribution in [0.15, 0.2) is 94.7 Å². The Bertz CT molecular complexity index is 1090. The molecule has 0 aromatic heterocycles. The number of rotatable bonds is 6. The molecule has 0 unspecified atom stereocenters. The molecule has 0 radical (unpaired) electrons. The van der Waals surface area contributed by atoms with Crippen molar-refractivity contribution in [3.63, 3.8) is 0 Å². The predicted molar refractivity (Wildman–Crippen MR) is 138 cm³/mol. The molecule has 0 bridgehead atoms. The largest absolute Gasteiger partial charge is 0.130 e. The first-order valence-corrected chi connectivity index (χ1v) is 12.4. The van der Waals surface area contributed by atoms with Crippen LogP contribution in [0, 0.1) is 0 Å². The minimum Gasteiger partial charge on any atom is -0.130 e. The van der Waals surface area contributed by atoms with Gasteiger partial charge in [-0.2, -0.15) is 0 Å². The van der Waals surface area contributed by atoms with Crippen molar-refractivity contribution in [3.05, 3.63) is 107 Å². The number of thioether (sulfide) groups is 2. The van der Waals surface area contributed by atoms with Crippen molar-refractivity contribution in [2.75, 3.05) is 12.5 Å². The molecule has 2 heteroatoms. The summed E-state index contributed by atoms with van der Waals surface area (Å²) in [6.45, 7) is 0. The van der Waals surface area contributed by atoms with E-state index < -0.39 is 0 Å². The van der Waals surface area contributed by atoms with Gasteiger partial charge >= 0.3 is 0 Å². The van der Waals surface area contributed by atoms with Crippen molar-refractivity contribution in [2.24, 2.45) is 0 Å². The number of hydrogen-bond donors (Lipinski definition) is 0. The summed E-state index contributed by atoms with van der Waals surface area (Å²) in [6, 6.07) is 30.6. The molecule has 0 nitrogen and oxygen atoms in total. The van der Waals surface area contributed by atoms with Crippen molar-refractivity contribution >= 4 is 58.6 Å². The fourth-order valence-corrected chi connectivity index (χ4v) is 4.12. The molecular weight excluding hydrogens is 400 g/mol. The minimum atomic E-state index is 1.22. The summed E-state index contributed by atoms with van der Waals surface area (Å²) < 4.78 is 0. The monoisotopic (exact) mass is 424 g/mol. The first-order valence-electron chi connectivity index (χ1n) is 9.91. The third-order valence-corrected chi connectivity index (χ3v) is 6.54. The van der Waals surface area contributed by atoms with E-state index in [1.807, 2.05) is 0 Å². The zero-order valence-corrected chi connectivity index (χ0v) is 18.8. The van der Waals surface area contributed by atoms with Gasteiger partial charge in [0.15, 0.2) is 0 Å². The highest BCUT2D eigenvalue weighted by molar-refractivity contribution is 7.98. The molecule has 0 spiro atoms. The topological polar surface area (TPSA) is 0 Å². The molecule has 0 aliphatic rings. The molecule has 0 saturated carbocycles.